The summed E-state index contributed by atoms with van der Waals surface area (Å²) < 4.78 is 0. The van der Waals surface area contributed by atoms with Crippen molar-refractivity contribution in [3.63, 3.8) is 0 Å². The number of hydrogen-bond acceptors (Lipinski definition) is 1. The van der Waals surface area contributed by atoms with Crippen LogP contribution in [0.1, 0.15) is 83.5 Å². The lowest BCUT2D eigenvalue weighted by Crippen LogP contribution is -2.19. The Morgan fingerprint density at radius 3 is 1.41 bits per heavy atom. The van der Waals surface area contributed by atoms with Crippen LogP contribution >= 0.6 is 0 Å². The van der Waals surface area contributed by atoms with E-state index in [1.165, 1.54) is 70.6 Å². The van der Waals surface area contributed by atoms with Crippen molar-refractivity contribution in [2.45, 2.75) is 89.6 Å². The van der Waals surface area contributed by atoms with E-state index in [0.29, 0.717) is 0 Å². The highest BCUT2D eigenvalue weighted by molar-refractivity contribution is 4.73. The van der Waals surface area contributed by atoms with Crippen molar-refractivity contribution in [3.05, 3.63) is 0 Å². The molecule has 2 aliphatic carbocycles. The van der Waals surface area contributed by atoms with Crippen molar-refractivity contribution < 1.29 is 5.11 Å². The highest BCUT2D eigenvalue weighted by Gasteiger charge is 2.21. The normalized spacial score (nSPS) is 26.6. The Balaban J connectivity index is 1.66. The van der Waals surface area contributed by atoms with Crippen molar-refractivity contribution in [3.8, 4) is 0 Å². The minimum Gasteiger partial charge on any atom is -0.393 e. The highest BCUT2D eigenvalue weighted by Crippen LogP contribution is 2.31. The van der Waals surface area contributed by atoms with Crippen LogP contribution in [-0.2, 0) is 0 Å². The second kappa shape index (κ2) is 7.41. The van der Waals surface area contributed by atoms with Crippen molar-refractivity contribution >= 4 is 0 Å². The maximum Gasteiger partial charge on any atom is 0.0545 e. The van der Waals surface area contributed by atoms with Crippen LogP contribution in [0.4, 0.5) is 0 Å². The second-order valence-electron chi connectivity index (χ2n) is 6.49. The van der Waals surface area contributed by atoms with E-state index in [2.05, 4.69) is 0 Å². The molecule has 2 fully saturated rings. The first kappa shape index (κ1) is 13.4. The quantitative estimate of drug-likeness (QED) is 0.705. The average Bonchev–Trinajstić information content (AvgIpc) is 2.59. The molecule has 2 saturated carbocycles. The second-order valence-corrected chi connectivity index (χ2v) is 6.49. The van der Waals surface area contributed by atoms with Crippen LogP contribution in [0.15, 0.2) is 0 Å². The summed E-state index contributed by atoms with van der Waals surface area (Å²) in [5, 5.41) is 10.2. The molecule has 1 N–H and O–H groups in total. The van der Waals surface area contributed by atoms with E-state index in [0.717, 1.165) is 24.7 Å². The summed E-state index contributed by atoms with van der Waals surface area (Å²) in [4.78, 5) is 0. The fraction of sp³-hybridized carbons (Fsp3) is 1.00. The largest absolute Gasteiger partial charge is 0.393 e. The van der Waals surface area contributed by atoms with Gasteiger partial charge in [-0.15, -0.1) is 0 Å². The highest BCUT2D eigenvalue weighted by atomic mass is 16.3. The fourth-order valence-electron chi connectivity index (χ4n) is 3.89. The summed E-state index contributed by atoms with van der Waals surface area (Å²) in [6.45, 7) is 0. The molecule has 0 aromatic rings. The monoisotopic (exact) mass is 238 g/mol. The summed E-state index contributed by atoms with van der Waals surface area (Å²) in [5.41, 5.74) is 0. The minimum atomic E-state index is 0.00111. The summed E-state index contributed by atoms with van der Waals surface area (Å²) in [6, 6.07) is 0. The first-order valence-corrected chi connectivity index (χ1v) is 8.02. The predicted molar refractivity (Wildman–Crippen MR) is 73.0 cm³/mol. The van der Waals surface area contributed by atoms with Gasteiger partial charge >= 0.3 is 0 Å². The van der Waals surface area contributed by atoms with Gasteiger partial charge < -0.3 is 5.11 Å². The Labute approximate surface area is 107 Å². The summed E-state index contributed by atoms with van der Waals surface area (Å²) in [7, 11) is 0. The van der Waals surface area contributed by atoms with E-state index in [4.69, 9.17) is 0 Å². The smallest absolute Gasteiger partial charge is 0.0545 e. The van der Waals surface area contributed by atoms with Crippen molar-refractivity contribution in [2.75, 3.05) is 0 Å². The van der Waals surface area contributed by atoms with Crippen LogP contribution in [0.25, 0.3) is 0 Å². The van der Waals surface area contributed by atoms with Gasteiger partial charge in [-0.2, -0.15) is 0 Å². The molecule has 0 aliphatic heterocycles. The van der Waals surface area contributed by atoms with Crippen molar-refractivity contribution in [1.29, 1.82) is 0 Å². The lowest BCUT2D eigenvalue weighted by Gasteiger charge is -2.26. The van der Waals surface area contributed by atoms with Gasteiger partial charge in [0.25, 0.3) is 0 Å². The van der Waals surface area contributed by atoms with Gasteiger partial charge in [-0.25, -0.2) is 0 Å². The molecule has 1 nitrogen and oxygen atoms in total. The molecule has 1 unspecified atom stereocenters. The summed E-state index contributed by atoms with van der Waals surface area (Å²) >= 11 is 0. The molecule has 0 bridgehead atoms. The number of aliphatic hydroxyl groups is 1. The Bertz CT molecular complexity index is 188. The molecule has 100 valence electrons. The molecule has 1 heteroatoms. The Morgan fingerprint density at radius 2 is 1.00 bits per heavy atom. The molecule has 0 heterocycles. The van der Waals surface area contributed by atoms with Gasteiger partial charge in [0.2, 0.25) is 0 Å². The van der Waals surface area contributed by atoms with E-state index in [1.807, 2.05) is 0 Å². The molecule has 17 heavy (non-hydrogen) atoms. The molecule has 0 radical (unpaired) electrons. The zero-order chi connectivity index (χ0) is 11.9. The minimum absolute atomic E-state index is 0.00111. The van der Waals surface area contributed by atoms with Crippen LogP contribution < -0.4 is 0 Å². The van der Waals surface area contributed by atoms with Crippen LogP contribution in [0.3, 0.4) is 0 Å². The fourth-order valence-corrected chi connectivity index (χ4v) is 3.89. The molecule has 0 amide bonds. The van der Waals surface area contributed by atoms with E-state index < -0.39 is 0 Å². The van der Waals surface area contributed by atoms with Gasteiger partial charge in [-0.1, -0.05) is 70.6 Å². The van der Waals surface area contributed by atoms with Gasteiger partial charge in [0.05, 0.1) is 6.10 Å². The SMILES string of the molecule is OC(CC1CCCCCC1)CC1CCCCC1. The number of aliphatic hydroxyl groups excluding tert-OH is 1. The molecule has 0 aromatic carbocycles. The first-order chi connectivity index (χ1) is 8.34. The Kier molecular flexibility index (Phi) is 5.84. The van der Waals surface area contributed by atoms with E-state index in [9.17, 15) is 5.11 Å². The maximum absolute atomic E-state index is 10.2. The standard InChI is InChI=1S/C16H30O/c17-16(13-15-10-6-3-7-11-15)12-14-8-4-1-2-5-9-14/h14-17H,1-13H2. The van der Waals surface area contributed by atoms with Gasteiger partial charge in [-0.3, -0.25) is 0 Å². The average molecular weight is 238 g/mol. The molecule has 0 saturated heterocycles. The molecule has 1 atom stereocenters. The predicted octanol–water partition coefficient (Wildman–Crippen LogP) is 4.68. The Morgan fingerprint density at radius 1 is 0.647 bits per heavy atom. The maximum atomic E-state index is 10.2. The molecular weight excluding hydrogens is 208 g/mol. The zero-order valence-corrected chi connectivity index (χ0v) is 11.4. The van der Waals surface area contributed by atoms with Crippen molar-refractivity contribution in [2.24, 2.45) is 11.8 Å². The van der Waals surface area contributed by atoms with Crippen LogP contribution in [0.2, 0.25) is 0 Å². The molecule has 0 spiro atoms. The van der Waals surface area contributed by atoms with E-state index >= 15 is 0 Å². The zero-order valence-electron chi connectivity index (χ0n) is 11.4. The van der Waals surface area contributed by atoms with Gasteiger partial charge in [0.1, 0.15) is 0 Å². The third kappa shape index (κ3) is 4.99. The third-order valence-corrected chi connectivity index (χ3v) is 4.91. The van der Waals surface area contributed by atoms with Crippen molar-refractivity contribution in [1.82, 2.24) is 0 Å². The number of hydrogen-bond donors (Lipinski definition) is 1. The van der Waals surface area contributed by atoms with Crippen LogP contribution in [0, 0.1) is 11.8 Å². The lowest BCUT2D eigenvalue weighted by molar-refractivity contribution is 0.101. The van der Waals surface area contributed by atoms with Crippen LogP contribution in [0.5, 0.6) is 0 Å². The van der Waals surface area contributed by atoms with E-state index in [1.54, 1.807) is 0 Å². The third-order valence-electron chi connectivity index (χ3n) is 4.91. The Hall–Kier alpha value is -0.0400. The summed E-state index contributed by atoms with van der Waals surface area (Å²) in [6.07, 6.45) is 17.6. The van der Waals surface area contributed by atoms with Gasteiger partial charge in [0.15, 0.2) is 0 Å². The topological polar surface area (TPSA) is 20.2 Å². The molecule has 2 rings (SSSR count). The van der Waals surface area contributed by atoms with Gasteiger partial charge in [0, 0.05) is 0 Å². The van der Waals surface area contributed by atoms with Gasteiger partial charge in [-0.05, 0) is 24.7 Å². The first-order valence-electron chi connectivity index (χ1n) is 8.02. The molecular formula is C16H30O. The molecule has 0 aromatic heterocycles. The summed E-state index contributed by atoms with van der Waals surface area (Å²) in [5.74, 6) is 1.67. The van der Waals surface area contributed by atoms with E-state index in [-0.39, 0.29) is 6.10 Å². The number of rotatable bonds is 4. The molecule has 2 aliphatic rings. The lowest BCUT2D eigenvalue weighted by atomic mass is 9.83. The van der Waals surface area contributed by atoms with Crippen LogP contribution in [-0.4, -0.2) is 11.2 Å².